The Hall–Kier alpha value is -4.20. The lowest BCUT2D eigenvalue weighted by Crippen LogP contribution is -2.44. The molecule has 0 aliphatic carbocycles. The quantitative estimate of drug-likeness (QED) is 0.295. The monoisotopic (exact) mass is 574 g/mol. The molecular formula is C32H33F3N6O. The Morgan fingerprint density at radius 1 is 1.07 bits per heavy atom. The number of fused-ring (bicyclic) bond motifs is 1. The molecule has 2 aromatic heterocycles. The van der Waals surface area contributed by atoms with Gasteiger partial charge in [0.2, 0.25) is 0 Å². The van der Waals surface area contributed by atoms with Crippen molar-refractivity contribution in [1.29, 1.82) is 0 Å². The number of likely N-dealkylation sites (N-methyl/N-ethyl adjacent to an activating group) is 1. The van der Waals surface area contributed by atoms with Gasteiger partial charge in [-0.1, -0.05) is 37.8 Å². The number of rotatable bonds is 5. The van der Waals surface area contributed by atoms with Gasteiger partial charge in [0.15, 0.2) is 5.65 Å². The Kier molecular flexibility index (Phi) is 8.34. The summed E-state index contributed by atoms with van der Waals surface area (Å²) in [6.45, 7) is 9.27. The Morgan fingerprint density at radius 3 is 2.55 bits per heavy atom. The lowest BCUT2D eigenvalue weighted by Gasteiger charge is -2.33. The predicted molar refractivity (Wildman–Crippen MR) is 157 cm³/mol. The molecule has 0 saturated carbocycles. The first-order valence-electron chi connectivity index (χ1n) is 13.9. The molecule has 218 valence electrons. The summed E-state index contributed by atoms with van der Waals surface area (Å²) >= 11 is 0. The van der Waals surface area contributed by atoms with E-state index in [1.165, 1.54) is 12.1 Å². The minimum Gasteiger partial charge on any atom is -0.322 e. The summed E-state index contributed by atoms with van der Waals surface area (Å²) < 4.78 is 42.0. The number of anilines is 1. The van der Waals surface area contributed by atoms with Gasteiger partial charge >= 0.3 is 6.18 Å². The van der Waals surface area contributed by atoms with E-state index in [0.29, 0.717) is 35.4 Å². The molecule has 1 aliphatic heterocycles. The van der Waals surface area contributed by atoms with Crippen LogP contribution in [0.1, 0.15) is 63.6 Å². The molecule has 0 radical (unpaired) electrons. The number of carbonyl (C=O) groups excluding carboxylic acids is 1. The van der Waals surface area contributed by atoms with Crippen LogP contribution in [0.15, 0.2) is 48.7 Å². The van der Waals surface area contributed by atoms with Crippen molar-refractivity contribution in [1.82, 2.24) is 25.0 Å². The number of H-pyrrole nitrogens is 1. The number of aromatic nitrogens is 3. The Labute approximate surface area is 243 Å². The van der Waals surface area contributed by atoms with Crippen LogP contribution in [0.5, 0.6) is 0 Å². The largest absolute Gasteiger partial charge is 0.416 e. The SMILES string of the molecule is Cc1ccc(C(=O)Nc2ccc(CN3CCN(C)CC3)c(C(F)(F)F)c2)cc1C#Cc1cnc2n[nH]c(C(C)C)c2c1. The van der Waals surface area contributed by atoms with E-state index in [2.05, 4.69) is 51.1 Å². The summed E-state index contributed by atoms with van der Waals surface area (Å²) in [4.78, 5) is 21.6. The third-order valence-corrected chi connectivity index (χ3v) is 7.52. The highest BCUT2D eigenvalue weighted by molar-refractivity contribution is 6.04. The highest BCUT2D eigenvalue weighted by atomic mass is 19.4. The van der Waals surface area contributed by atoms with Crippen LogP contribution < -0.4 is 5.32 Å². The van der Waals surface area contributed by atoms with Crippen molar-refractivity contribution in [3.05, 3.63) is 87.7 Å². The molecule has 4 aromatic rings. The molecule has 1 fully saturated rings. The van der Waals surface area contributed by atoms with Crippen molar-refractivity contribution in [2.24, 2.45) is 0 Å². The number of hydrogen-bond donors (Lipinski definition) is 2. The Morgan fingerprint density at radius 2 is 1.83 bits per heavy atom. The summed E-state index contributed by atoms with van der Waals surface area (Å²) in [7, 11) is 2.00. The molecule has 5 rings (SSSR count). The molecule has 7 nitrogen and oxygen atoms in total. The number of halogens is 3. The highest BCUT2D eigenvalue weighted by Crippen LogP contribution is 2.35. The van der Waals surface area contributed by atoms with E-state index in [9.17, 15) is 18.0 Å². The summed E-state index contributed by atoms with van der Waals surface area (Å²) in [5.74, 6) is 5.96. The molecule has 1 aliphatic rings. The predicted octanol–water partition coefficient (Wildman–Crippen LogP) is 5.81. The van der Waals surface area contributed by atoms with Crippen LogP contribution in [0.2, 0.25) is 0 Å². The van der Waals surface area contributed by atoms with Crippen LogP contribution in [0, 0.1) is 18.8 Å². The maximum Gasteiger partial charge on any atom is 0.416 e. The number of pyridine rings is 1. The van der Waals surface area contributed by atoms with E-state index >= 15 is 0 Å². The fraction of sp³-hybridized carbons (Fsp3) is 0.344. The number of piperazine rings is 1. The number of aryl methyl sites for hydroxylation is 1. The maximum atomic E-state index is 14.0. The summed E-state index contributed by atoms with van der Waals surface area (Å²) in [5.41, 5.74) is 3.66. The van der Waals surface area contributed by atoms with Gasteiger partial charge in [-0.3, -0.25) is 14.8 Å². The number of hydrogen-bond acceptors (Lipinski definition) is 5. The lowest BCUT2D eigenvalue weighted by atomic mass is 10.0. The van der Waals surface area contributed by atoms with Crippen LogP contribution in [0.4, 0.5) is 18.9 Å². The molecular weight excluding hydrogens is 541 g/mol. The van der Waals surface area contributed by atoms with Gasteiger partial charge in [0, 0.05) is 72.4 Å². The first kappa shape index (κ1) is 29.3. The van der Waals surface area contributed by atoms with Crippen molar-refractivity contribution >= 4 is 22.6 Å². The van der Waals surface area contributed by atoms with Crippen molar-refractivity contribution in [3.8, 4) is 11.8 Å². The zero-order valence-corrected chi connectivity index (χ0v) is 24.1. The molecule has 2 N–H and O–H groups in total. The molecule has 42 heavy (non-hydrogen) atoms. The molecule has 0 unspecified atom stereocenters. The molecule has 1 amide bonds. The Balaban J connectivity index is 1.35. The number of carbonyl (C=O) groups is 1. The maximum absolute atomic E-state index is 14.0. The van der Waals surface area contributed by atoms with Gasteiger partial charge < -0.3 is 10.2 Å². The number of benzene rings is 2. The summed E-state index contributed by atoms with van der Waals surface area (Å²) in [5, 5.41) is 10.8. The van der Waals surface area contributed by atoms with E-state index in [1.807, 2.05) is 24.9 Å². The zero-order valence-electron chi connectivity index (χ0n) is 24.1. The fourth-order valence-corrected chi connectivity index (χ4v) is 4.97. The van der Waals surface area contributed by atoms with Gasteiger partial charge in [-0.15, -0.1) is 0 Å². The van der Waals surface area contributed by atoms with Crippen molar-refractivity contribution in [2.45, 2.75) is 39.4 Å². The smallest absolute Gasteiger partial charge is 0.322 e. The number of nitrogens with one attached hydrogen (secondary N) is 2. The highest BCUT2D eigenvalue weighted by Gasteiger charge is 2.34. The second-order valence-electron chi connectivity index (χ2n) is 11.1. The molecule has 3 heterocycles. The molecule has 0 bridgehead atoms. The summed E-state index contributed by atoms with van der Waals surface area (Å²) in [6, 6.07) is 11.0. The van der Waals surface area contributed by atoms with Gasteiger partial charge in [-0.2, -0.15) is 18.3 Å². The Bertz CT molecular complexity index is 1670. The van der Waals surface area contributed by atoms with E-state index in [1.54, 1.807) is 24.4 Å². The average molecular weight is 575 g/mol. The third kappa shape index (κ3) is 6.64. The van der Waals surface area contributed by atoms with Gasteiger partial charge in [0.1, 0.15) is 0 Å². The normalized spacial score (nSPS) is 14.7. The van der Waals surface area contributed by atoms with E-state index < -0.39 is 17.6 Å². The van der Waals surface area contributed by atoms with Crippen LogP contribution in [0.25, 0.3) is 11.0 Å². The van der Waals surface area contributed by atoms with Gasteiger partial charge in [0.25, 0.3) is 5.91 Å². The van der Waals surface area contributed by atoms with Crippen molar-refractivity contribution in [2.75, 3.05) is 38.5 Å². The van der Waals surface area contributed by atoms with E-state index in [0.717, 1.165) is 35.8 Å². The summed E-state index contributed by atoms with van der Waals surface area (Å²) in [6.07, 6.45) is -2.89. The first-order chi connectivity index (χ1) is 20.0. The number of nitrogens with zero attached hydrogens (tertiary/aromatic N) is 4. The van der Waals surface area contributed by atoms with Crippen LogP contribution >= 0.6 is 0 Å². The van der Waals surface area contributed by atoms with E-state index in [-0.39, 0.29) is 23.7 Å². The number of amides is 1. The van der Waals surface area contributed by atoms with Crippen molar-refractivity contribution in [3.63, 3.8) is 0 Å². The molecule has 10 heteroatoms. The van der Waals surface area contributed by atoms with E-state index in [4.69, 9.17) is 0 Å². The van der Waals surface area contributed by atoms with Crippen LogP contribution in [-0.2, 0) is 12.7 Å². The van der Waals surface area contributed by atoms with Crippen molar-refractivity contribution < 1.29 is 18.0 Å². The second kappa shape index (κ2) is 12.0. The molecule has 0 atom stereocenters. The first-order valence-corrected chi connectivity index (χ1v) is 13.9. The van der Waals surface area contributed by atoms with Gasteiger partial charge in [0.05, 0.1) is 5.56 Å². The van der Waals surface area contributed by atoms with Crippen LogP contribution in [0.3, 0.4) is 0 Å². The van der Waals surface area contributed by atoms with Gasteiger partial charge in [-0.05, 0) is 61.3 Å². The molecule has 2 aromatic carbocycles. The zero-order chi connectivity index (χ0) is 30.0. The number of aromatic amines is 1. The van der Waals surface area contributed by atoms with Gasteiger partial charge in [-0.25, -0.2) is 4.98 Å². The topological polar surface area (TPSA) is 77.2 Å². The third-order valence-electron chi connectivity index (χ3n) is 7.52. The standard InChI is InChI=1S/C32H33F3N6O/c1-20(2)29-27-15-22(18-36-30(27)39-38-29)6-8-23-16-24(7-5-21(23)3)31(42)37-26-10-9-25(28(17-26)32(33,34)35)19-41-13-11-40(4)12-14-41/h5,7,9-10,15-18,20H,11-14,19H2,1-4H3,(H,37,42)(H,36,38,39). The lowest BCUT2D eigenvalue weighted by molar-refractivity contribution is -0.138. The second-order valence-corrected chi connectivity index (χ2v) is 11.1. The number of alkyl halides is 3. The fourth-order valence-electron chi connectivity index (χ4n) is 4.97. The minimum absolute atomic E-state index is 0.0862. The minimum atomic E-state index is -4.54. The van der Waals surface area contributed by atoms with Crippen LogP contribution in [-0.4, -0.2) is 64.1 Å². The molecule has 1 saturated heterocycles. The molecule has 0 spiro atoms. The average Bonchev–Trinajstić information content (AvgIpc) is 3.38.